The first-order valence-corrected chi connectivity index (χ1v) is 15.6. The van der Waals surface area contributed by atoms with Crippen LogP contribution in [-0.2, 0) is 34.7 Å². The highest BCUT2D eigenvalue weighted by Gasteiger charge is 2.68. The van der Waals surface area contributed by atoms with E-state index >= 15 is 0 Å². The van der Waals surface area contributed by atoms with E-state index < -0.39 is 64.0 Å². The van der Waals surface area contributed by atoms with Crippen molar-refractivity contribution in [2.75, 3.05) is 6.61 Å². The molecule has 0 aromatic heterocycles. The second-order valence-electron chi connectivity index (χ2n) is 10.4. The lowest BCUT2D eigenvalue weighted by atomic mass is 9.80. The molecule has 1 fully saturated rings. The summed E-state index contributed by atoms with van der Waals surface area (Å²) in [5.74, 6) is -2.65. The highest BCUT2D eigenvalue weighted by atomic mass is 32.2. The number of ether oxygens (including phenoxy) is 2. The van der Waals surface area contributed by atoms with Gasteiger partial charge in [-0.05, 0) is 48.8 Å². The lowest BCUT2D eigenvalue weighted by Gasteiger charge is -2.55. The van der Waals surface area contributed by atoms with E-state index in [1.165, 1.54) is 24.5 Å². The van der Waals surface area contributed by atoms with Gasteiger partial charge in [-0.3, -0.25) is 23.5 Å². The summed E-state index contributed by atoms with van der Waals surface area (Å²) in [5.41, 5.74) is -0.861. The van der Waals surface area contributed by atoms with Crippen LogP contribution in [0.1, 0.15) is 31.1 Å². The van der Waals surface area contributed by atoms with E-state index in [9.17, 15) is 23.4 Å². The van der Waals surface area contributed by atoms with Crippen LogP contribution in [0.2, 0.25) is 0 Å². The first kappa shape index (κ1) is 31.3. The first-order valence-electron chi connectivity index (χ1n) is 14.3. The van der Waals surface area contributed by atoms with Crippen molar-refractivity contribution < 1.29 is 32.9 Å². The summed E-state index contributed by atoms with van der Waals surface area (Å²) in [7, 11) is -1.85. The Morgan fingerprint density at radius 1 is 0.933 bits per heavy atom. The summed E-state index contributed by atoms with van der Waals surface area (Å²) < 4.78 is 25.0. The number of allylic oxidation sites excluding steroid dienone is 3. The van der Waals surface area contributed by atoms with Crippen molar-refractivity contribution >= 4 is 34.4 Å². The van der Waals surface area contributed by atoms with Gasteiger partial charge in [0.25, 0.3) is 11.8 Å². The van der Waals surface area contributed by atoms with Gasteiger partial charge < -0.3 is 14.8 Å². The summed E-state index contributed by atoms with van der Waals surface area (Å²) in [6, 6.07) is 25.5. The number of β-lactam (4-membered cyclic amide) rings is 1. The fourth-order valence-electron chi connectivity index (χ4n) is 5.42. The lowest BCUT2D eigenvalue weighted by Crippen LogP contribution is -2.82. The van der Waals surface area contributed by atoms with Crippen LogP contribution in [-0.4, -0.2) is 56.2 Å². The Hall–Kier alpha value is -5.09. The van der Waals surface area contributed by atoms with Crippen LogP contribution >= 0.6 is 0 Å². The number of hydrogen-bond donors (Lipinski definition) is 1. The zero-order valence-corrected chi connectivity index (χ0v) is 25.5. The summed E-state index contributed by atoms with van der Waals surface area (Å²) >= 11 is 0. The fourth-order valence-corrected chi connectivity index (χ4v) is 7.00. The molecule has 1 saturated heterocycles. The average molecular weight is 625 g/mol. The van der Waals surface area contributed by atoms with Gasteiger partial charge in [-0.2, -0.15) is 0 Å². The first-order chi connectivity index (χ1) is 21.8. The second kappa shape index (κ2) is 13.7. The van der Waals surface area contributed by atoms with Gasteiger partial charge in [0.15, 0.2) is 18.5 Å². The standard InChI is InChI=1S/C35H32N2O7S/c1-3-4-8-21-28(38)35(34(41)44-31(25-15-9-5-10-16-25)26-17-11-6-12-18-26)24(2)23-45(42)33-30(32(40)37(33)35)36-29(39)22-43-27-19-13-7-14-20-27/h3-21,23,30-31,33H,22H2,1-2H3,(H,36,39)/b4-3+,21-8+/t30-,33-,35?,45?/m1/s1. The van der Waals surface area contributed by atoms with E-state index in [-0.39, 0.29) is 5.57 Å². The average Bonchev–Trinajstić information content (AvgIpc) is 3.06. The summed E-state index contributed by atoms with van der Waals surface area (Å²) in [4.78, 5) is 56.1. The maximum absolute atomic E-state index is 14.5. The highest BCUT2D eigenvalue weighted by Crippen LogP contribution is 2.44. The van der Waals surface area contributed by atoms with Crippen LogP contribution in [0.3, 0.4) is 0 Å². The van der Waals surface area contributed by atoms with Crippen molar-refractivity contribution in [3.8, 4) is 5.75 Å². The van der Waals surface area contributed by atoms with Crippen molar-refractivity contribution in [3.05, 3.63) is 137 Å². The fraction of sp³-hybridized carbons (Fsp3) is 0.200. The van der Waals surface area contributed by atoms with Gasteiger partial charge in [0.05, 0.1) is 10.8 Å². The molecular formula is C35H32N2O7S. The molecule has 4 atom stereocenters. The molecule has 0 radical (unpaired) electrons. The van der Waals surface area contributed by atoms with Gasteiger partial charge in [0.1, 0.15) is 17.2 Å². The van der Waals surface area contributed by atoms with Crippen molar-refractivity contribution in [3.63, 3.8) is 0 Å². The Kier molecular flexibility index (Phi) is 9.53. The van der Waals surface area contributed by atoms with Crippen molar-refractivity contribution in [1.82, 2.24) is 10.2 Å². The Bertz CT molecular complexity index is 1650. The molecule has 0 spiro atoms. The molecule has 2 heterocycles. The Labute approximate surface area is 263 Å². The predicted octanol–water partition coefficient (Wildman–Crippen LogP) is 4.16. The molecule has 10 heteroatoms. The number of amides is 2. The third-order valence-corrected chi connectivity index (χ3v) is 9.11. The van der Waals surface area contributed by atoms with Crippen LogP contribution in [0.5, 0.6) is 5.75 Å². The van der Waals surface area contributed by atoms with Gasteiger partial charge in [0.2, 0.25) is 5.54 Å². The minimum atomic E-state index is -2.25. The number of ketones is 1. The molecule has 2 aliphatic heterocycles. The zero-order chi connectivity index (χ0) is 32.0. The summed E-state index contributed by atoms with van der Waals surface area (Å²) in [5, 5.41) is 2.66. The smallest absolute Gasteiger partial charge is 0.345 e. The summed E-state index contributed by atoms with van der Waals surface area (Å²) in [6.45, 7) is 2.85. The van der Waals surface area contributed by atoms with Crippen LogP contribution in [0, 0.1) is 0 Å². The minimum absolute atomic E-state index is 0.0858. The van der Waals surface area contributed by atoms with Gasteiger partial charge in [-0.15, -0.1) is 0 Å². The molecule has 2 aliphatic rings. The molecule has 0 bridgehead atoms. The number of hydrogen-bond acceptors (Lipinski definition) is 7. The molecule has 2 amide bonds. The number of carbonyl (C=O) groups is 4. The molecule has 45 heavy (non-hydrogen) atoms. The Morgan fingerprint density at radius 2 is 1.51 bits per heavy atom. The monoisotopic (exact) mass is 624 g/mol. The molecular weight excluding hydrogens is 592 g/mol. The van der Waals surface area contributed by atoms with Gasteiger partial charge in [-0.25, -0.2) is 4.79 Å². The molecule has 2 unspecified atom stereocenters. The van der Waals surface area contributed by atoms with E-state index in [2.05, 4.69) is 5.32 Å². The number of nitrogens with one attached hydrogen (secondary N) is 1. The number of benzene rings is 3. The number of esters is 1. The molecule has 0 aliphatic carbocycles. The topological polar surface area (TPSA) is 119 Å². The minimum Gasteiger partial charge on any atom is -0.484 e. The molecule has 3 aromatic carbocycles. The number of para-hydroxylation sites is 1. The molecule has 9 nitrogen and oxygen atoms in total. The van der Waals surface area contributed by atoms with Crippen LogP contribution in [0.4, 0.5) is 0 Å². The number of carbonyl (C=O) groups excluding carboxylic acids is 4. The van der Waals surface area contributed by atoms with Crippen LogP contribution in [0.15, 0.2) is 126 Å². The van der Waals surface area contributed by atoms with E-state index in [0.717, 1.165) is 4.90 Å². The van der Waals surface area contributed by atoms with Crippen LogP contribution in [0.25, 0.3) is 0 Å². The largest absolute Gasteiger partial charge is 0.484 e. The number of fused-ring (bicyclic) bond motifs is 1. The van der Waals surface area contributed by atoms with Gasteiger partial charge >= 0.3 is 5.97 Å². The van der Waals surface area contributed by atoms with E-state index in [1.54, 1.807) is 97.9 Å². The van der Waals surface area contributed by atoms with Crippen molar-refractivity contribution in [1.29, 1.82) is 0 Å². The highest BCUT2D eigenvalue weighted by molar-refractivity contribution is 7.88. The quantitative estimate of drug-likeness (QED) is 0.112. The molecule has 0 saturated carbocycles. The SMILES string of the molecule is C/C=C/C=C/C(=O)C1(C(=O)OC(c2ccccc2)c2ccccc2)C(C)=CS(=O)[C@@H]2[C@H](NC(=O)COc3ccccc3)C(=O)N21. The summed E-state index contributed by atoms with van der Waals surface area (Å²) in [6.07, 6.45) is 5.05. The van der Waals surface area contributed by atoms with Crippen molar-refractivity contribution in [2.24, 2.45) is 0 Å². The lowest BCUT2D eigenvalue weighted by molar-refractivity contribution is -0.177. The molecule has 230 valence electrons. The number of rotatable bonds is 11. The van der Waals surface area contributed by atoms with Gasteiger partial charge in [0, 0.05) is 5.41 Å². The molecule has 3 aromatic rings. The Balaban J connectivity index is 1.49. The van der Waals surface area contributed by atoms with Crippen molar-refractivity contribution in [2.45, 2.75) is 36.9 Å². The third-order valence-electron chi connectivity index (χ3n) is 7.57. The molecule has 5 rings (SSSR count). The maximum Gasteiger partial charge on any atom is 0.345 e. The normalized spacial score (nSPS) is 22.5. The third kappa shape index (κ3) is 6.14. The maximum atomic E-state index is 14.5. The van der Waals surface area contributed by atoms with Gasteiger partial charge in [-0.1, -0.05) is 97.1 Å². The van der Waals surface area contributed by atoms with E-state index in [1.807, 2.05) is 12.1 Å². The second-order valence-corrected chi connectivity index (χ2v) is 11.8. The van der Waals surface area contributed by atoms with E-state index in [0.29, 0.717) is 16.9 Å². The zero-order valence-electron chi connectivity index (χ0n) is 24.7. The Morgan fingerprint density at radius 3 is 2.09 bits per heavy atom. The van der Waals surface area contributed by atoms with E-state index in [4.69, 9.17) is 9.47 Å². The molecule has 1 N–H and O–H groups in total. The predicted molar refractivity (Wildman–Crippen MR) is 169 cm³/mol. The number of nitrogens with zero attached hydrogens (tertiary/aromatic N) is 1. The van der Waals surface area contributed by atoms with Crippen LogP contribution < -0.4 is 10.1 Å².